The van der Waals surface area contributed by atoms with Crippen LogP contribution in [0.1, 0.15) is 13.8 Å². The van der Waals surface area contributed by atoms with E-state index in [0.29, 0.717) is 26.4 Å². The normalized spacial score (nSPS) is 9.94. The minimum absolute atomic E-state index is 0.0142. The Morgan fingerprint density at radius 1 is 1.06 bits per heavy atom. The van der Waals surface area contributed by atoms with Crippen LogP contribution in [0.25, 0.3) is 0 Å². The standard InChI is InChI=1S/C11H20O5/c1-10(2)9-11(13)16-8-7-15-6-5-14-4-3-12/h9,12H,3-8H2,1-2H3. The molecule has 0 atom stereocenters. The van der Waals surface area contributed by atoms with E-state index in [9.17, 15) is 4.79 Å². The number of allylic oxidation sites excluding steroid dienone is 1. The monoisotopic (exact) mass is 232 g/mol. The van der Waals surface area contributed by atoms with Crippen molar-refractivity contribution in [1.82, 2.24) is 0 Å². The lowest BCUT2D eigenvalue weighted by molar-refractivity contribution is -0.139. The summed E-state index contributed by atoms with van der Waals surface area (Å²) in [4.78, 5) is 11.0. The Balaban J connectivity index is 3.21. The molecule has 0 saturated heterocycles. The largest absolute Gasteiger partial charge is 0.460 e. The molecule has 0 spiro atoms. The van der Waals surface area contributed by atoms with Gasteiger partial charge in [0.15, 0.2) is 0 Å². The number of hydrogen-bond donors (Lipinski definition) is 1. The number of rotatable bonds is 9. The van der Waals surface area contributed by atoms with Gasteiger partial charge in [0.2, 0.25) is 0 Å². The van der Waals surface area contributed by atoms with Crippen molar-refractivity contribution in [2.45, 2.75) is 13.8 Å². The molecule has 0 aromatic rings. The topological polar surface area (TPSA) is 65.0 Å². The lowest BCUT2D eigenvalue weighted by atomic mass is 10.3. The van der Waals surface area contributed by atoms with Crippen LogP contribution in [0.2, 0.25) is 0 Å². The number of aliphatic hydroxyl groups excluding tert-OH is 1. The highest BCUT2D eigenvalue weighted by Gasteiger charge is 1.97. The molecule has 0 fully saturated rings. The highest BCUT2D eigenvalue weighted by atomic mass is 16.6. The molecule has 0 amide bonds. The maximum atomic E-state index is 11.0. The summed E-state index contributed by atoms with van der Waals surface area (Å²) in [7, 11) is 0. The van der Waals surface area contributed by atoms with Crippen molar-refractivity contribution in [3.05, 3.63) is 11.6 Å². The van der Waals surface area contributed by atoms with Crippen LogP contribution < -0.4 is 0 Å². The van der Waals surface area contributed by atoms with E-state index in [-0.39, 0.29) is 19.2 Å². The van der Waals surface area contributed by atoms with Crippen molar-refractivity contribution < 1.29 is 24.1 Å². The van der Waals surface area contributed by atoms with Crippen LogP contribution in [0, 0.1) is 0 Å². The summed E-state index contributed by atoms with van der Waals surface area (Å²) in [6.45, 7) is 5.45. The van der Waals surface area contributed by atoms with Crippen LogP contribution in [-0.2, 0) is 19.0 Å². The first kappa shape index (κ1) is 15.1. The molecule has 0 aliphatic carbocycles. The average molecular weight is 232 g/mol. The van der Waals surface area contributed by atoms with Crippen molar-refractivity contribution in [3.8, 4) is 0 Å². The fraction of sp³-hybridized carbons (Fsp3) is 0.727. The fourth-order valence-electron chi connectivity index (χ4n) is 0.865. The molecular weight excluding hydrogens is 212 g/mol. The molecular formula is C11H20O5. The fourth-order valence-corrected chi connectivity index (χ4v) is 0.865. The van der Waals surface area contributed by atoms with Crippen molar-refractivity contribution in [3.63, 3.8) is 0 Å². The second-order valence-electron chi connectivity index (χ2n) is 3.34. The zero-order chi connectivity index (χ0) is 12.2. The zero-order valence-corrected chi connectivity index (χ0v) is 9.90. The highest BCUT2D eigenvalue weighted by Crippen LogP contribution is 1.90. The van der Waals surface area contributed by atoms with Gasteiger partial charge in [-0.25, -0.2) is 4.79 Å². The van der Waals surface area contributed by atoms with Crippen LogP contribution in [0.4, 0.5) is 0 Å². The maximum absolute atomic E-state index is 11.0. The van der Waals surface area contributed by atoms with Gasteiger partial charge in [-0.1, -0.05) is 5.57 Å². The molecule has 0 heterocycles. The minimum Gasteiger partial charge on any atom is -0.460 e. The lowest BCUT2D eigenvalue weighted by Gasteiger charge is -2.05. The third-order valence-electron chi connectivity index (χ3n) is 1.49. The molecule has 5 heteroatoms. The molecule has 0 aliphatic heterocycles. The summed E-state index contributed by atoms with van der Waals surface area (Å²) in [6.07, 6.45) is 1.43. The Hall–Kier alpha value is -0.910. The van der Waals surface area contributed by atoms with Gasteiger partial charge in [-0.2, -0.15) is 0 Å². The van der Waals surface area contributed by atoms with E-state index in [1.807, 2.05) is 13.8 Å². The quantitative estimate of drug-likeness (QED) is 0.357. The molecule has 0 aromatic carbocycles. The molecule has 1 N–H and O–H groups in total. The SMILES string of the molecule is CC(C)=CC(=O)OCCOCCOCCO. The van der Waals surface area contributed by atoms with Gasteiger partial charge in [0.05, 0.1) is 33.0 Å². The number of aliphatic hydroxyl groups is 1. The van der Waals surface area contributed by atoms with Gasteiger partial charge in [0, 0.05) is 6.08 Å². The molecule has 0 aliphatic rings. The first-order valence-corrected chi connectivity index (χ1v) is 5.25. The van der Waals surface area contributed by atoms with Gasteiger partial charge < -0.3 is 19.3 Å². The van der Waals surface area contributed by atoms with E-state index in [1.54, 1.807) is 0 Å². The molecule has 94 valence electrons. The maximum Gasteiger partial charge on any atom is 0.330 e. The number of carbonyl (C=O) groups excluding carboxylic acids is 1. The van der Waals surface area contributed by atoms with Crippen molar-refractivity contribution in [2.75, 3.05) is 39.6 Å². The van der Waals surface area contributed by atoms with Crippen LogP contribution >= 0.6 is 0 Å². The second kappa shape index (κ2) is 10.6. The van der Waals surface area contributed by atoms with E-state index in [1.165, 1.54) is 6.08 Å². The van der Waals surface area contributed by atoms with E-state index >= 15 is 0 Å². The molecule has 5 nitrogen and oxygen atoms in total. The Labute approximate surface area is 96.0 Å². The molecule has 0 aromatic heterocycles. The smallest absolute Gasteiger partial charge is 0.330 e. The molecule has 0 unspecified atom stereocenters. The Kier molecular flexibility index (Phi) is 10.00. The number of carbonyl (C=O) groups is 1. The predicted molar refractivity (Wildman–Crippen MR) is 59.1 cm³/mol. The third-order valence-corrected chi connectivity index (χ3v) is 1.49. The van der Waals surface area contributed by atoms with E-state index in [4.69, 9.17) is 19.3 Å². The Morgan fingerprint density at radius 3 is 2.19 bits per heavy atom. The number of hydrogen-bond acceptors (Lipinski definition) is 5. The summed E-state index contributed by atoms with van der Waals surface area (Å²) in [5.74, 6) is -0.347. The third kappa shape index (κ3) is 11.2. The van der Waals surface area contributed by atoms with Crippen LogP contribution in [0.15, 0.2) is 11.6 Å². The molecule has 0 bridgehead atoms. The molecule has 0 radical (unpaired) electrons. The van der Waals surface area contributed by atoms with Crippen molar-refractivity contribution in [1.29, 1.82) is 0 Å². The van der Waals surface area contributed by atoms with E-state index in [0.717, 1.165) is 5.57 Å². The van der Waals surface area contributed by atoms with Gasteiger partial charge in [-0.05, 0) is 13.8 Å². The van der Waals surface area contributed by atoms with Gasteiger partial charge in [0.25, 0.3) is 0 Å². The summed E-state index contributed by atoms with van der Waals surface area (Å²) in [5.41, 5.74) is 0.906. The first-order chi connectivity index (χ1) is 7.66. The average Bonchev–Trinajstić information content (AvgIpc) is 2.21. The van der Waals surface area contributed by atoms with Crippen LogP contribution in [0.5, 0.6) is 0 Å². The number of ether oxygens (including phenoxy) is 3. The zero-order valence-electron chi connectivity index (χ0n) is 9.90. The Bertz CT molecular complexity index is 208. The summed E-state index contributed by atoms with van der Waals surface area (Å²) < 4.78 is 15.0. The Morgan fingerprint density at radius 2 is 1.62 bits per heavy atom. The van der Waals surface area contributed by atoms with Gasteiger partial charge in [-0.15, -0.1) is 0 Å². The summed E-state index contributed by atoms with van der Waals surface area (Å²) in [6, 6.07) is 0. The van der Waals surface area contributed by atoms with E-state index in [2.05, 4.69) is 0 Å². The first-order valence-electron chi connectivity index (χ1n) is 5.25. The molecule has 0 rings (SSSR count). The van der Waals surface area contributed by atoms with Crippen molar-refractivity contribution >= 4 is 5.97 Å². The van der Waals surface area contributed by atoms with Crippen molar-refractivity contribution in [2.24, 2.45) is 0 Å². The highest BCUT2D eigenvalue weighted by molar-refractivity contribution is 5.82. The predicted octanol–water partition coefficient (Wildman–Crippen LogP) is 0.521. The summed E-state index contributed by atoms with van der Waals surface area (Å²) >= 11 is 0. The van der Waals surface area contributed by atoms with Crippen LogP contribution in [0.3, 0.4) is 0 Å². The van der Waals surface area contributed by atoms with Gasteiger partial charge in [-0.3, -0.25) is 0 Å². The van der Waals surface area contributed by atoms with Gasteiger partial charge in [0.1, 0.15) is 6.61 Å². The molecule has 0 saturated carbocycles. The van der Waals surface area contributed by atoms with E-state index < -0.39 is 0 Å². The second-order valence-corrected chi connectivity index (χ2v) is 3.34. The molecule has 16 heavy (non-hydrogen) atoms. The summed E-state index contributed by atoms with van der Waals surface area (Å²) in [5, 5.41) is 8.41. The van der Waals surface area contributed by atoms with Gasteiger partial charge >= 0.3 is 5.97 Å². The number of esters is 1. The lowest BCUT2D eigenvalue weighted by Crippen LogP contribution is -2.12. The minimum atomic E-state index is -0.347. The van der Waals surface area contributed by atoms with Crippen LogP contribution in [-0.4, -0.2) is 50.7 Å².